The molecule has 4 rings (SSSR count). The first-order valence-electron chi connectivity index (χ1n) is 8.79. The number of rotatable bonds is 4. The molecular weight excluding hydrogens is 322 g/mol. The number of benzene rings is 3. The molecule has 0 aromatic heterocycles. The number of anilines is 1. The van der Waals surface area contributed by atoms with E-state index in [0.717, 1.165) is 17.0 Å². The zero-order chi connectivity index (χ0) is 18.1. The molecule has 26 heavy (non-hydrogen) atoms. The third-order valence-electron chi connectivity index (χ3n) is 5.07. The number of nitrogens with zero attached hydrogens (tertiary/aromatic N) is 1. The van der Waals surface area contributed by atoms with Crippen LogP contribution in [0.5, 0.6) is 5.75 Å². The summed E-state index contributed by atoms with van der Waals surface area (Å²) in [6, 6.07) is 20.5. The van der Waals surface area contributed by atoms with Crippen LogP contribution in [0.4, 0.5) is 5.69 Å². The van der Waals surface area contributed by atoms with Gasteiger partial charge in [0.1, 0.15) is 5.75 Å². The van der Waals surface area contributed by atoms with E-state index in [0.29, 0.717) is 13.0 Å². The molecule has 0 aliphatic carbocycles. The third kappa shape index (κ3) is 2.66. The molecule has 1 heterocycles. The van der Waals surface area contributed by atoms with Gasteiger partial charge in [0, 0.05) is 24.6 Å². The minimum absolute atomic E-state index is 0.0137. The molecule has 0 radical (unpaired) electrons. The molecule has 3 aromatic carbocycles. The highest BCUT2D eigenvalue weighted by Crippen LogP contribution is 2.44. The monoisotopic (exact) mass is 343 g/mol. The molecule has 0 fully saturated rings. The van der Waals surface area contributed by atoms with Crippen LogP contribution in [-0.4, -0.2) is 19.6 Å². The maximum absolute atomic E-state index is 12.9. The quantitative estimate of drug-likeness (QED) is 0.630. The van der Waals surface area contributed by atoms with Gasteiger partial charge < -0.3 is 9.64 Å². The topological polar surface area (TPSA) is 29.5 Å². The normalized spacial score (nSPS) is 16.4. The van der Waals surface area contributed by atoms with Crippen molar-refractivity contribution >= 4 is 22.4 Å². The highest BCUT2D eigenvalue weighted by atomic mass is 16.5. The summed E-state index contributed by atoms with van der Waals surface area (Å²) >= 11 is 0. The second-order valence-corrected chi connectivity index (χ2v) is 6.55. The van der Waals surface area contributed by atoms with Gasteiger partial charge in [-0.25, -0.2) is 0 Å². The van der Waals surface area contributed by atoms with Crippen molar-refractivity contribution in [1.82, 2.24) is 0 Å². The molecule has 3 heteroatoms. The van der Waals surface area contributed by atoms with E-state index in [1.807, 2.05) is 29.2 Å². The standard InChI is InChI=1S/C23H21NO2/c1-3-13-24-21-12-11-16-7-4-5-10-19(16)23(21)20(15-22(24)25)17-8-6-9-18(14-17)26-2/h3-12,14,20H,1,13,15H2,2H3. The zero-order valence-electron chi connectivity index (χ0n) is 14.8. The molecule has 1 atom stereocenters. The molecule has 0 saturated heterocycles. The predicted octanol–water partition coefficient (Wildman–Crippen LogP) is 4.90. The summed E-state index contributed by atoms with van der Waals surface area (Å²) in [7, 11) is 1.67. The van der Waals surface area contributed by atoms with Gasteiger partial charge in [-0.2, -0.15) is 0 Å². The molecule has 3 nitrogen and oxygen atoms in total. The Balaban J connectivity index is 1.97. The smallest absolute Gasteiger partial charge is 0.228 e. The Hall–Kier alpha value is -3.07. The number of methoxy groups -OCH3 is 1. The van der Waals surface area contributed by atoms with Crippen molar-refractivity contribution in [2.75, 3.05) is 18.6 Å². The average Bonchev–Trinajstić information content (AvgIpc) is 2.69. The summed E-state index contributed by atoms with van der Waals surface area (Å²) in [5.41, 5.74) is 3.29. The Morgan fingerprint density at radius 3 is 2.81 bits per heavy atom. The largest absolute Gasteiger partial charge is 0.497 e. The van der Waals surface area contributed by atoms with Crippen LogP contribution in [0.25, 0.3) is 10.8 Å². The molecule has 1 aliphatic rings. The zero-order valence-corrected chi connectivity index (χ0v) is 14.8. The van der Waals surface area contributed by atoms with E-state index in [4.69, 9.17) is 4.74 Å². The van der Waals surface area contributed by atoms with E-state index in [-0.39, 0.29) is 11.8 Å². The minimum atomic E-state index is 0.0137. The number of fused-ring (bicyclic) bond motifs is 3. The van der Waals surface area contributed by atoms with Crippen LogP contribution in [0.2, 0.25) is 0 Å². The molecule has 130 valence electrons. The Labute approximate surface area is 153 Å². The number of ether oxygens (including phenoxy) is 1. The highest BCUT2D eigenvalue weighted by molar-refractivity contribution is 6.03. The first-order valence-corrected chi connectivity index (χ1v) is 8.79. The van der Waals surface area contributed by atoms with Gasteiger partial charge in [0.25, 0.3) is 0 Å². The summed E-state index contributed by atoms with van der Waals surface area (Å²) < 4.78 is 5.40. The van der Waals surface area contributed by atoms with Crippen molar-refractivity contribution in [2.24, 2.45) is 0 Å². The van der Waals surface area contributed by atoms with Crippen molar-refractivity contribution in [1.29, 1.82) is 0 Å². The number of hydrogen-bond acceptors (Lipinski definition) is 2. The first kappa shape index (κ1) is 16.4. The minimum Gasteiger partial charge on any atom is -0.497 e. The maximum atomic E-state index is 12.9. The molecule has 0 N–H and O–H groups in total. The lowest BCUT2D eigenvalue weighted by atomic mass is 9.81. The van der Waals surface area contributed by atoms with Crippen molar-refractivity contribution in [3.8, 4) is 5.75 Å². The van der Waals surface area contributed by atoms with Crippen molar-refractivity contribution in [2.45, 2.75) is 12.3 Å². The predicted molar refractivity (Wildman–Crippen MR) is 106 cm³/mol. The van der Waals surface area contributed by atoms with Crippen LogP contribution in [0.15, 0.2) is 73.3 Å². The molecule has 0 spiro atoms. The molecular formula is C23H21NO2. The summed E-state index contributed by atoms with van der Waals surface area (Å²) in [6.07, 6.45) is 2.23. The molecule has 0 bridgehead atoms. The second-order valence-electron chi connectivity index (χ2n) is 6.55. The summed E-state index contributed by atoms with van der Waals surface area (Å²) in [5, 5.41) is 2.38. The van der Waals surface area contributed by atoms with Gasteiger partial charge in [-0.1, -0.05) is 48.5 Å². The average molecular weight is 343 g/mol. The molecule has 1 amide bonds. The van der Waals surface area contributed by atoms with Crippen LogP contribution in [0, 0.1) is 0 Å². The molecule has 1 aliphatic heterocycles. The summed E-state index contributed by atoms with van der Waals surface area (Å²) in [6.45, 7) is 4.34. The number of hydrogen-bond donors (Lipinski definition) is 0. The molecule has 0 saturated carbocycles. The lowest BCUT2D eigenvalue weighted by molar-refractivity contribution is -0.119. The van der Waals surface area contributed by atoms with Gasteiger partial charge >= 0.3 is 0 Å². The van der Waals surface area contributed by atoms with Crippen molar-refractivity contribution in [3.63, 3.8) is 0 Å². The van der Waals surface area contributed by atoms with E-state index < -0.39 is 0 Å². The van der Waals surface area contributed by atoms with E-state index >= 15 is 0 Å². The third-order valence-corrected chi connectivity index (χ3v) is 5.07. The van der Waals surface area contributed by atoms with E-state index in [9.17, 15) is 4.79 Å². The van der Waals surface area contributed by atoms with Crippen molar-refractivity contribution < 1.29 is 9.53 Å². The van der Waals surface area contributed by atoms with Gasteiger partial charge in [0.05, 0.1) is 7.11 Å². The summed E-state index contributed by atoms with van der Waals surface area (Å²) in [4.78, 5) is 14.7. The Bertz CT molecular complexity index is 992. The Morgan fingerprint density at radius 2 is 2.00 bits per heavy atom. The number of carbonyl (C=O) groups excluding carboxylic acids is 1. The van der Waals surface area contributed by atoms with E-state index in [1.54, 1.807) is 13.2 Å². The van der Waals surface area contributed by atoms with E-state index in [1.165, 1.54) is 16.3 Å². The summed E-state index contributed by atoms with van der Waals surface area (Å²) in [5.74, 6) is 0.950. The van der Waals surface area contributed by atoms with Gasteiger partial charge in [0.15, 0.2) is 0 Å². The van der Waals surface area contributed by atoms with Gasteiger partial charge in [-0.05, 0) is 40.1 Å². The van der Waals surface area contributed by atoms with Crippen LogP contribution in [-0.2, 0) is 4.79 Å². The molecule has 1 unspecified atom stereocenters. The Morgan fingerprint density at radius 1 is 1.15 bits per heavy atom. The lowest BCUT2D eigenvalue weighted by Gasteiger charge is -2.35. The van der Waals surface area contributed by atoms with E-state index in [2.05, 4.69) is 43.0 Å². The number of amides is 1. The lowest BCUT2D eigenvalue weighted by Crippen LogP contribution is -2.37. The maximum Gasteiger partial charge on any atom is 0.228 e. The fraction of sp³-hybridized carbons (Fsp3) is 0.174. The van der Waals surface area contributed by atoms with Gasteiger partial charge in [-0.15, -0.1) is 6.58 Å². The molecule has 3 aromatic rings. The first-order chi connectivity index (χ1) is 12.7. The van der Waals surface area contributed by atoms with Gasteiger partial charge in [0.2, 0.25) is 5.91 Å². The van der Waals surface area contributed by atoms with Crippen LogP contribution >= 0.6 is 0 Å². The van der Waals surface area contributed by atoms with Crippen molar-refractivity contribution in [3.05, 3.63) is 84.4 Å². The fourth-order valence-electron chi connectivity index (χ4n) is 3.88. The number of carbonyl (C=O) groups is 1. The van der Waals surface area contributed by atoms with Gasteiger partial charge in [-0.3, -0.25) is 4.79 Å². The SMILES string of the molecule is C=CCN1C(=O)CC(c2cccc(OC)c2)c2c1ccc1ccccc21. The van der Waals surface area contributed by atoms with Crippen LogP contribution in [0.3, 0.4) is 0 Å². The Kier molecular flexibility index (Phi) is 4.21. The fourth-order valence-corrected chi connectivity index (χ4v) is 3.88. The van der Waals surface area contributed by atoms with Crippen LogP contribution in [0.1, 0.15) is 23.5 Å². The van der Waals surface area contributed by atoms with Crippen LogP contribution < -0.4 is 9.64 Å². The second kappa shape index (κ2) is 6.68. The highest BCUT2D eigenvalue weighted by Gasteiger charge is 2.33.